The van der Waals surface area contributed by atoms with Gasteiger partial charge in [-0.1, -0.05) is 39.7 Å². The molecule has 5 aliphatic rings. The van der Waals surface area contributed by atoms with Crippen LogP contribution in [-0.4, -0.2) is 0 Å². The molecule has 5 fully saturated rings. The van der Waals surface area contributed by atoms with E-state index < -0.39 is 0 Å². The largest absolute Gasteiger partial charge is 0.103 e. The summed E-state index contributed by atoms with van der Waals surface area (Å²) in [6, 6.07) is 0. The Morgan fingerprint density at radius 3 is 2.56 bits per heavy atom. The van der Waals surface area contributed by atoms with Gasteiger partial charge >= 0.3 is 0 Å². The lowest BCUT2D eigenvalue weighted by molar-refractivity contribution is -0.0836. The normalized spacial score (nSPS) is 59.3. The molecule has 7 unspecified atom stereocenters. The Hall–Kier alpha value is -0.260. The van der Waals surface area contributed by atoms with E-state index in [1.165, 1.54) is 19.3 Å². The topological polar surface area (TPSA) is 0 Å². The van der Waals surface area contributed by atoms with Crippen LogP contribution in [0.4, 0.5) is 0 Å². The molecule has 0 nitrogen and oxygen atoms in total. The van der Waals surface area contributed by atoms with Gasteiger partial charge in [-0.15, -0.1) is 6.58 Å². The molecule has 0 radical (unpaired) electrons. The van der Waals surface area contributed by atoms with Gasteiger partial charge in [-0.3, -0.25) is 0 Å². The predicted octanol–water partition coefficient (Wildman–Crippen LogP) is 6.96. The zero-order valence-electron chi connectivity index (χ0n) is 16.9. The van der Waals surface area contributed by atoms with Crippen molar-refractivity contribution < 1.29 is 0 Å². The minimum Gasteiger partial charge on any atom is -0.103 e. The second-order valence-corrected chi connectivity index (χ2v) is 11.1. The Labute approximate surface area is 156 Å². The van der Waals surface area contributed by atoms with Gasteiger partial charge in [-0.25, -0.2) is 0 Å². The molecule has 0 N–H and O–H groups in total. The van der Waals surface area contributed by atoms with E-state index in [4.69, 9.17) is 0 Å². The average Bonchev–Trinajstić information content (AvgIpc) is 3.18. The highest BCUT2D eigenvalue weighted by Gasteiger charge is 2.71. The monoisotopic (exact) mass is 340 g/mol. The molecule has 25 heavy (non-hydrogen) atoms. The van der Waals surface area contributed by atoms with Crippen molar-refractivity contribution in [2.75, 3.05) is 0 Å². The van der Waals surface area contributed by atoms with Gasteiger partial charge in [-0.2, -0.15) is 0 Å². The van der Waals surface area contributed by atoms with Crippen LogP contribution in [0.5, 0.6) is 0 Å². The minimum absolute atomic E-state index is 0.657. The molecule has 0 aromatic carbocycles. The molecule has 0 heteroatoms. The summed E-state index contributed by atoms with van der Waals surface area (Å²) in [5.41, 5.74) is 0.657. The number of fused-ring (bicyclic) bond motifs is 7. The van der Waals surface area contributed by atoms with Crippen LogP contribution in [0.1, 0.15) is 78.6 Å². The lowest BCUT2D eigenvalue weighted by Gasteiger charge is -2.57. The Balaban J connectivity index is 1.40. The molecular weight excluding hydrogens is 300 g/mol. The summed E-state index contributed by atoms with van der Waals surface area (Å²) in [5, 5.41) is 0. The van der Waals surface area contributed by atoms with Crippen molar-refractivity contribution in [1.29, 1.82) is 0 Å². The van der Waals surface area contributed by atoms with E-state index in [1.54, 1.807) is 38.5 Å². The van der Waals surface area contributed by atoms with Crippen LogP contribution >= 0.6 is 0 Å². The highest BCUT2D eigenvalue weighted by Crippen LogP contribution is 2.77. The maximum atomic E-state index is 4.12. The van der Waals surface area contributed by atoms with Crippen LogP contribution in [0.2, 0.25) is 0 Å². The van der Waals surface area contributed by atoms with Gasteiger partial charge in [0.25, 0.3) is 0 Å². The number of hydrogen-bond acceptors (Lipinski definition) is 0. The molecule has 0 spiro atoms. The van der Waals surface area contributed by atoms with Crippen molar-refractivity contribution in [2.45, 2.75) is 78.6 Å². The molecule has 0 heterocycles. The van der Waals surface area contributed by atoms with Crippen molar-refractivity contribution >= 4 is 0 Å². The van der Waals surface area contributed by atoms with Crippen LogP contribution in [-0.2, 0) is 0 Å². The molecule has 0 aliphatic heterocycles. The molecule has 0 aromatic heterocycles. The van der Waals surface area contributed by atoms with E-state index in [1.807, 2.05) is 0 Å². The van der Waals surface area contributed by atoms with Crippen molar-refractivity contribution in [3.63, 3.8) is 0 Å². The smallest absolute Gasteiger partial charge is 0.0258 e. The van der Waals surface area contributed by atoms with Gasteiger partial charge in [-0.05, 0) is 110 Å². The van der Waals surface area contributed by atoms with E-state index in [0.717, 1.165) is 59.2 Å². The second kappa shape index (κ2) is 5.87. The van der Waals surface area contributed by atoms with Gasteiger partial charge in [0.15, 0.2) is 0 Å². The molecule has 5 aliphatic carbocycles. The van der Waals surface area contributed by atoms with E-state index in [0.29, 0.717) is 5.41 Å². The summed E-state index contributed by atoms with van der Waals surface area (Å²) in [7, 11) is 0. The molecule has 0 aromatic rings. The fourth-order valence-electron chi connectivity index (χ4n) is 9.53. The number of allylic oxidation sites excluding steroid dienone is 1. The van der Waals surface area contributed by atoms with E-state index in [-0.39, 0.29) is 0 Å². The molecule has 5 saturated carbocycles. The first-order chi connectivity index (χ1) is 12.1. The molecule has 11 atom stereocenters. The Bertz CT molecular complexity index is 534. The summed E-state index contributed by atoms with van der Waals surface area (Å²) in [5.74, 6) is 10.7. The van der Waals surface area contributed by atoms with Gasteiger partial charge in [0.05, 0.1) is 0 Å². The summed E-state index contributed by atoms with van der Waals surface area (Å²) >= 11 is 0. The summed E-state index contributed by atoms with van der Waals surface area (Å²) in [4.78, 5) is 0. The Kier molecular flexibility index (Phi) is 3.96. The molecule has 140 valence electrons. The average molecular weight is 341 g/mol. The Morgan fingerprint density at radius 2 is 1.80 bits per heavy atom. The third-order valence-electron chi connectivity index (χ3n) is 10.6. The van der Waals surface area contributed by atoms with E-state index in [2.05, 4.69) is 33.4 Å². The van der Waals surface area contributed by atoms with Crippen LogP contribution in [0.15, 0.2) is 12.7 Å². The maximum absolute atomic E-state index is 4.12. The molecular formula is C25H40. The fourth-order valence-corrected chi connectivity index (χ4v) is 9.53. The standard InChI is InChI=1S/C25H40/c1-5-7-21-22-15(3)23(22)24-20-11-9-17-14-16(6-2)8-10-18(17)19(20)12-13-25(21,24)4/h5,15-24H,1,6-14H2,2-4H3/t15-,16+,17-,18+,19?,20?,21?,22?,23?,24?,25?/m1/s1. The van der Waals surface area contributed by atoms with E-state index >= 15 is 0 Å². The van der Waals surface area contributed by atoms with E-state index in [9.17, 15) is 0 Å². The predicted molar refractivity (Wildman–Crippen MR) is 106 cm³/mol. The van der Waals surface area contributed by atoms with Gasteiger partial charge in [0.1, 0.15) is 0 Å². The first-order valence-electron chi connectivity index (χ1n) is 11.7. The van der Waals surface area contributed by atoms with Crippen LogP contribution < -0.4 is 0 Å². The van der Waals surface area contributed by atoms with Crippen molar-refractivity contribution in [3.05, 3.63) is 12.7 Å². The highest BCUT2D eigenvalue weighted by molar-refractivity contribution is 5.20. The number of hydrogen-bond donors (Lipinski definition) is 0. The van der Waals surface area contributed by atoms with Crippen molar-refractivity contribution in [2.24, 2.45) is 64.6 Å². The molecule has 0 bridgehead atoms. The lowest BCUT2D eigenvalue weighted by atomic mass is 9.47. The quantitative estimate of drug-likeness (QED) is 0.487. The van der Waals surface area contributed by atoms with Crippen LogP contribution in [0, 0.1) is 64.6 Å². The molecule has 0 amide bonds. The van der Waals surface area contributed by atoms with Crippen molar-refractivity contribution in [1.82, 2.24) is 0 Å². The van der Waals surface area contributed by atoms with Gasteiger partial charge in [0, 0.05) is 0 Å². The summed E-state index contributed by atoms with van der Waals surface area (Å²) in [6.07, 6.45) is 15.9. The summed E-state index contributed by atoms with van der Waals surface area (Å²) in [6.45, 7) is 11.8. The van der Waals surface area contributed by atoms with Crippen molar-refractivity contribution in [3.8, 4) is 0 Å². The highest BCUT2D eigenvalue weighted by atomic mass is 14.8. The third kappa shape index (κ3) is 2.24. The zero-order valence-corrected chi connectivity index (χ0v) is 16.9. The van der Waals surface area contributed by atoms with Crippen LogP contribution in [0.3, 0.4) is 0 Å². The minimum atomic E-state index is 0.657. The van der Waals surface area contributed by atoms with Crippen LogP contribution in [0.25, 0.3) is 0 Å². The zero-order chi connectivity index (χ0) is 17.3. The Morgan fingerprint density at radius 1 is 1.00 bits per heavy atom. The van der Waals surface area contributed by atoms with Gasteiger partial charge < -0.3 is 0 Å². The first kappa shape index (κ1) is 16.9. The molecule has 5 rings (SSSR count). The van der Waals surface area contributed by atoms with Gasteiger partial charge in [0.2, 0.25) is 0 Å². The SMILES string of the molecule is C=CCC1C2C(C3C4CC[C@@H]5C[C@@H](CC)CC[C@@H]5C4CCC13C)[C@@H]2C. The summed E-state index contributed by atoms with van der Waals surface area (Å²) < 4.78 is 0. The fraction of sp³-hybridized carbons (Fsp3) is 0.920. The maximum Gasteiger partial charge on any atom is -0.0258 e. The second-order valence-electron chi connectivity index (χ2n) is 11.1. The third-order valence-corrected chi connectivity index (χ3v) is 10.6. The lowest BCUT2D eigenvalue weighted by Crippen LogP contribution is -2.50. The molecule has 0 saturated heterocycles. The number of rotatable bonds is 3. The first-order valence-corrected chi connectivity index (χ1v) is 11.7.